The number of carbonyl (C=O) groups is 1. The van der Waals surface area contributed by atoms with Crippen LogP contribution in [0.1, 0.15) is 15.9 Å². The third-order valence-corrected chi connectivity index (χ3v) is 5.16. The van der Waals surface area contributed by atoms with E-state index in [1.807, 2.05) is 0 Å². The van der Waals surface area contributed by atoms with Gasteiger partial charge in [0, 0.05) is 6.07 Å². The highest BCUT2D eigenvalue weighted by atomic mass is 32.2. The molecule has 29 heavy (non-hydrogen) atoms. The lowest BCUT2D eigenvalue weighted by atomic mass is 10.1. The summed E-state index contributed by atoms with van der Waals surface area (Å²) in [5.74, 6) is -5.79. The van der Waals surface area contributed by atoms with E-state index in [0.29, 0.717) is 12.1 Å². The molecule has 0 radical (unpaired) electrons. The van der Waals surface area contributed by atoms with E-state index in [-0.39, 0.29) is 11.6 Å². The molecule has 1 heterocycles. The molecular weight excluding hydrogens is 432 g/mol. The lowest BCUT2D eigenvalue weighted by Gasteiger charge is -2.13. The summed E-state index contributed by atoms with van der Waals surface area (Å²) in [6, 6.07) is 4.84. The van der Waals surface area contributed by atoms with Gasteiger partial charge >= 0.3 is 11.6 Å². The summed E-state index contributed by atoms with van der Waals surface area (Å²) in [7, 11) is -6.18. The Kier molecular flexibility index (Phi) is 4.50. The molecule has 0 bridgehead atoms. The van der Waals surface area contributed by atoms with Gasteiger partial charge in [-0.3, -0.25) is 4.79 Å². The van der Waals surface area contributed by atoms with Crippen molar-refractivity contribution in [1.29, 1.82) is 5.26 Å². The summed E-state index contributed by atoms with van der Waals surface area (Å²) in [5, 5.41) is 8.80. The van der Waals surface area contributed by atoms with E-state index in [1.54, 1.807) is 6.07 Å². The molecule has 0 aliphatic carbocycles. The number of ketones is 1. The molecule has 2 aromatic carbocycles. The number of sulfone groups is 1. The van der Waals surface area contributed by atoms with Gasteiger partial charge in [-0.25, -0.2) is 12.8 Å². The Bertz CT molecular complexity index is 1180. The first-order valence-electron chi connectivity index (χ1n) is 7.26. The summed E-state index contributed by atoms with van der Waals surface area (Å²) in [5.41, 5.74) is -7.68. The summed E-state index contributed by atoms with van der Waals surface area (Å²) < 4.78 is 112. The molecule has 0 saturated heterocycles. The molecular formula is C16H5F6NO5S. The number of hydrogen-bond acceptors (Lipinski definition) is 6. The zero-order chi connectivity index (χ0) is 21.8. The molecule has 0 saturated carbocycles. The second-order valence-electron chi connectivity index (χ2n) is 5.55. The maximum Gasteiger partial charge on any atom is 0.501 e. The van der Waals surface area contributed by atoms with E-state index in [1.165, 1.54) is 0 Å². The van der Waals surface area contributed by atoms with Crippen LogP contribution in [0.3, 0.4) is 0 Å². The highest BCUT2D eigenvalue weighted by Gasteiger charge is 2.57. The van der Waals surface area contributed by atoms with Crippen LogP contribution in [-0.2, 0) is 9.84 Å². The van der Waals surface area contributed by atoms with Gasteiger partial charge in [-0.1, -0.05) is 0 Å². The van der Waals surface area contributed by atoms with E-state index in [0.717, 1.165) is 12.1 Å². The maximum atomic E-state index is 13.7. The number of halogens is 6. The minimum Gasteiger partial charge on any atom is -0.453 e. The fraction of sp³-hybridized carbons (Fsp3) is 0.125. The summed E-state index contributed by atoms with van der Waals surface area (Å²) in [6.07, 6.45) is -4.66. The molecule has 13 heteroatoms. The van der Waals surface area contributed by atoms with Crippen LogP contribution in [0.15, 0.2) is 35.2 Å². The molecule has 152 valence electrons. The number of fused-ring (bicyclic) bond motifs is 1. The fourth-order valence-corrected chi connectivity index (χ4v) is 3.37. The minimum atomic E-state index is -6.18. The summed E-state index contributed by atoms with van der Waals surface area (Å²) in [4.78, 5) is 10.1. The number of benzene rings is 2. The van der Waals surface area contributed by atoms with Crippen LogP contribution in [0.25, 0.3) is 0 Å². The Morgan fingerprint density at radius 2 is 1.79 bits per heavy atom. The number of hydrogen-bond donors (Lipinski definition) is 0. The van der Waals surface area contributed by atoms with E-state index < -0.39 is 60.8 Å². The van der Waals surface area contributed by atoms with Gasteiger partial charge in [-0.05, 0) is 24.3 Å². The lowest BCUT2D eigenvalue weighted by Crippen LogP contribution is -2.30. The normalized spacial score (nSPS) is 15.4. The molecule has 2 aromatic rings. The molecule has 0 unspecified atom stereocenters. The third-order valence-electron chi connectivity index (χ3n) is 3.63. The Hall–Kier alpha value is -3.27. The standard InChI is InChI=1S/C16H5F6NO5S/c17-8-3-7(6-23)4-9(5-8)27-10-1-2-11(29(25,26)16(20,21)22)12-13(10)28-15(18,19)14(12)24/h1-5H. The molecule has 1 aliphatic heterocycles. The van der Waals surface area contributed by atoms with Gasteiger partial charge in [0.15, 0.2) is 11.5 Å². The molecule has 0 fully saturated rings. The molecule has 0 spiro atoms. The van der Waals surface area contributed by atoms with Gasteiger partial charge in [0.05, 0.1) is 22.1 Å². The number of nitrogens with zero attached hydrogens (tertiary/aromatic N) is 1. The fourth-order valence-electron chi connectivity index (χ4n) is 2.42. The molecule has 0 aromatic heterocycles. The first kappa shape index (κ1) is 20.5. The van der Waals surface area contributed by atoms with Crippen molar-refractivity contribution in [2.75, 3.05) is 0 Å². The molecule has 0 amide bonds. The van der Waals surface area contributed by atoms with Gasteiger partial charge in [0.1, 0.15) is 11.6 Å². The largest absolute Gasteiger partial charge is 0.501 e. The molecule has 0 N–H and O–H groups in total. The highest BCUT2D eigenvalue weighted by Crippen LogP contribution is 2.49. The number of ether oxygens (including phenoxy) is 2. The topological polar surface area (TPSA) is 93.5 Å². The van der Waals surface area contributed by atoms with Gasteiger partial charge in [-0.2, -0.15) is 27.2 Å². The van der Waals surface area contributed by atoms with Crippen molar-refractivity contribution in [3.8, 4) is 23.3 Å². The van der Waals surface area contributed by atoms with Crippen LogP contribution in [0.5, 0.6) is 17.2 Å². The zero-order valence-corrected chi connectivity index (χ0v) is 14.4. The SMILES string of the molecule is N#Cc1cc(F)cc(Oc2ccc(S(=O)(=O)C(F)(F)F)c3c2OC(F)(F)C3=O)c1. The van der Waals surface area contributed by atoms with E-state index in [4.69, 9.17) is 10.00 Å². The predicted octanol–water partition coefficient (Wildman–Crippen LogP) is 3.95. The van der Waals surface area contributed by atoms with Crippen molar-refractivity contribution < 1.29 is 49.0 Å². The van der Waals surface area contributed by atoms with Gasteiger partial charge in [0.2, 0.25) is 0 Å². The van der Waals surface area contributed by atoms with Crippen LogP contribution in [0, 0.1) is 17.1 Å². The molecule has 3 rings (SSSR count). The summed E-state index contributed by atoms with van der Waals surface area (Å²) in [6.45, 7) is 0. The number of rotatable bonds is 3. The van der Waals surface area contributed by atoms with Crippen molar-refractivity contribution in [1.82, 2.24) is 0 Å². The average molecular weight is 437 g/mol. The number of nitriles is 1. The molecule has 6 nitrogen and oxygen atoms in total. The average Bonchev–Trinajstić information content (AvgIpc) is 2.84. The Morgan fingerprint density at radius 3 is 2.38 bits per heavy atom. The van der Waals surface area contributed by atoms with Crippen molar-refractivity contribution in [2.24, 2.45) is 0 Å². The number of carbonyl (C=O) groups excluding carboxylic acids is 1. The second kappa shape index (κ2) is 6.38. The minimum absolute atomic E-state index is 0.240. The van der Waals surface area contributed by atoms with Crippen molar-refractivity contribution >= 4 is 15.6 Å². The maximum absolute atomic E-state index is 13.7. The first-order chi connectivity index (χ1) is 13.3. The van der Waals surface area contributed by atoms with Gasteiger partial charge in [-0.15, -0.1) is 0 Å². The van der Waals surface area contributed by atoms with Crippen LogP contribution >= 0.6 is 0 Å². The van der Waals surface area contributed by atoms with Crippen molar-refractivity contribution in [3.05, 3.63) is 47.3 Å². The predicted molar refractivity (Wildman–Crippen MR) is 80.8 cm³/mol. The van der Waals surface area contributed by atoms with Crippen LogP contribution in [0.4, 0.5) is 26.3 Å². The van der Waals surface area contributed by atoms with Crippen LogP contribution in [0.2, 0.25) is 0 Å². The van der Waals surface area contributed by atoms with Gasteiger partial charge in [0.25, 0.3) is 15.6 Å². The van der Waals surface area contributed by atoms with Gasteiger partial charge < -0.3 is 9.47 Å². The van der Waals surface area contributed by atoms with Crippen molar-refractivity contribution in [3.63, 3.8) is 0 Å². The second-order valence-corrected chi connectivity index (χ2v) is 7.46. The van der Waals surface area contributed by atoms with Crippen LogP contribution < -0.4 is 9.47 Å². The third kappa shape index (κ3) is 3.35. The Morgan fingerprint density at radius 1 is 1.14 bits per heavy atom. The summed E-state index contributed by atoms with van der Waals surface area (Å²) >= 11 is 0. The van der Waals surface area contributed by atoms with E-state index in [9.17, 15) is 39.6 Å². The highest BCUT2D eigenvalue weighted by molar-refractivity contribution is 7.92. The number of Topliss-reactive ketones (excluding diaryl/α,β-unsaturated/α-hetero) is 1. The molecule has 1 aliphatic rings. The zero-order valence-electron chi connectivity index (χ0n) is 13.6. The molecule has 0 atom stereocenters. The smallest absolute Gasteiger partial charge is 0.453 e. The lowest BCUT2D eigenvalue weighted by molar-refractivity contribution is -0.124. The Balaban J connectivity index is 2.20. The Labute approximate surface area is 157 Å². The van der Waals surface area contributed by atoms with E-state index >= 15 is 0 Å². The van der Waals surface area contributed by atoms with E-state index in [2.05, 4.69) is 4.74 Å². The van der Waals surface area contributed by atoms with Crippen LogP contribution in [-0.4, -0.2) is 25.8 Å². The number of alkyl halides is 5. The monoisotopic (exact) mass is 437 g/mol. The van der Waals surface area contributed by atoms with Crippen molar-refractivity contribution in [2.45, 2.75) is 16.5 Å². The first-order valence-corrected chi connectivity index (χ1v) is 8.75. The quantitative estimate of drug-likeness (QED) is 0.676.